The molecule has 0 fully saturated rings. The minimum absolute atomic E-state index is 0.0406. The smallest absolute Gasteiger partial charge is 0.0468 e. The Morgan fingerprint density at radius 1 is 0.364 bits per heavy atom. The topological polar surface area (TPSA) is 3.24 Å². The lowest BCUT2D eigenvalue weighted by molar-refractivity contribution is 0.660. The second kappa shape index (κ2) is 12.3. The van der Waals surface area contributed by atoms with Crippen molar-refractivity contribution in [1.29, 1.82) is 0 Å². The van der Waals surface area contributed by atoms with Crippen LogP contribution in [0.5, 0.6) is 0 Å². The fourth-order valence-electron chi connectivity index (χ4n) is 8.92. The minimum atomic E-state index is -0.0406. The predicted molar refractivity (Wildman–Crippen MR) is 237 cm³/mol. The van der Waals surface area contributed by atoms with E-state index in [0.717, 1.165) is 17.1 Å². The summed E-state index contributed by atoms with van der Waals surface area (Å²) in [5, 5.41) is 7.75. The maximum Gasteiger partial charge on any atom is 0.0468 e. The summed E-state index contributed by atoms with van der Waals surface area (Å²) in [5.74, 6) is 0. The lowest BCUT2D eigenvalue weighted by Gasteiger charge is -2.27. The first-order chi connectivity index (χ1) is 27.0. The molecule has 1 heterocycles. The Kier molecular flexibility index (Phi) is 7.14. The largest absolute Gasteiger partial charge is 0.310 e. The van der Waals surface area contributed by atoms with Crippen molar-refractivity contribution in [1.82, 2.24) is 0 Å². The molecular formula is C53H37NS. The summed E-state index contributed by atoms with van der Waals surface area (Å²) in [6.45, 7) is 4.69. The molecule has 0 radical (unpaired) electrons. The SMILES string of the molecule is CC1(C)c2ccccc2-c2cc(N(c3ccc(-c4ccc5ccccc5c4)cc3)c3ccc(-c4ccc5cc6c(cc5c4)sc4ccccc46)cc3)ccc21. The van der Waals surface area contributed by atoms with Crippen LogP contribution in [0.1, 0.15) is 25.0 Å². The van der Waals surface area contributed by atoms with Crippen molar-refractivity contribution < 1.29 is 0 Å². The van der Waals surface area contributed by atoms with Gasteiger partial charge in [0.1, 0.15) is 0 Å². The number of anilines is 3. The Balaban J connectivity index is 0.995. The van der Waals surface area contributed by atoms with Gasteiger partial charge in [-0.2, -0.15) is 0 Å². The maximum atomic E-state index is 2.40. The average molecular weight is 720 g/mol. The van der Waals surface area contributed by atoms with E-state index in [0.29, 0.717) is 0 Å². The summed E-state index contributed by atoms with van der Waals surface area (Å²) >= 11 is 1.88. The molecule has 260 valence electrons. The molecule has 0 bridgehead atoms. The van der Waals surface area contributed by atoms with Gasteiger partial charge >= 0.3 is 0 Å². The summed E-state index contributed by atoms with van der Waals surface area (Å²) in [7, 11) is 0. The van der Waals surface area contributed by atoms with E-state index < -0.39 is 0 Å². The van der Waals surface area contributed by atoms with Gasteiger partial charge in [0.15, 0.2) is 0 Å². The van der Waals surface area contributed by atoms with Crippen LogP contribution in [-0.2, 0) is 5.41 Å². The molecule has 0 unspecified atom stereocenters. The molecule has 0 amide bonds. The summed E-state index contributed by atoms with van der Waals surface area (Å²) in [6, 6.07) is 69.7. The van der Waals surface area contributed by atoms with Gasteiger partial charge in [0.25, 0.3) is 0 Å². The van der Waals surface area contributed by atoms with Crippen LogP contribution in [0.25, 0.3) is 75.1 Å². The van der Waals surface area contributed by atoms with Crippen LogP contribution in [0.2, 0.25) is 0 Å². The van der Waals surface area contributed by atoms with Crippen LogP contribution in [-0.4, -0.2) is 0 Å². The molecule has 11 rings (SSSR count). The fraction of sp³-hybridized carbons (Fsp3) is 0.0566. The van der Waals surface area contributed by atoms with Crippen LogP contribution in [0.4, 0.5) is 17.1 Å². The number of hydrogen-bond acceptors (Lipinski definition) is 2. The molecule has 10 aromatic rings. The molecule has 0 aliphatic heterocycles. The van der Waals surface area contributed by atoms with E-state index in [-0.39, 0.29) is 5.41 Å². The molecule has 0 N–H and O–H groups in total. The third kappa shape index (κ3) is 5.21. The number of hydrogen-bond donors (Lipinski definition) is 0. The van der Waals surface area contributed by atoms with Crippen molar-refractivity contribution in [3.63, 3.8) is 0 Å². The quantitative estimate of drug-likeness (QED) is 0.171. The zero-order valence-corrected chi connectivity index (χ0v) is 31.6. The van der Waals surface area contributed by atoms with Gasteiger partial charge in [-0.05, 0) is 133 Å². The number of benzene rings is 9. The van der Waals surface area contributed by atoms with Gasteiger partial charge < -0.3 is 4.90 Å². The highest BCUT2D eigenvalue weighted by atomic mass is 32.1. The maximum absolute atomic E-state index is 2.40. The summed E-state index contributed by atoms with van der Waals surface area (Å²) < 4.78 is 2.68. The van der Waals surface area contributed by atoms with Crippen molar-refractivity contribution in [2.45, 2.75) is 19.3 Å². The van der Waals surface area contributed by atoms with Crippen molar-refractivity contribution >= 4 is 70.1 Å². The van der Waals surface area contributed by atoms with E-state index in [1.54, 1.807) is 0 Å². The van der Waals surface area contributed by atoms with E-state index in [4.69, 9.17) is 0 Å². The summed E-state index contributed by atoms with van der Waals surface area (Å²) in [6.07, 6.45) is 0. The van der Waals surface area contributed by atoms with Gasteiger partial charge in [0.05, 0.1) is 0 Å². The summed E-state index contributed by atoms with van der Waals surface area (Å²) in [5.41, 5.74) is 13.6. The fourth-order valence-corrected chi connectivity index (χ4v) is 10.1. The van der Waals surface area contributed by atoms with Crippen molar-refractivity contribution in [3.8, 4) is 33.4 Å². The van der Waals surface area contributed by atoms with E-state index in [1.807, 2.05) is 11.3 Å². The first-order valence-corrected chi connectivity index (χ1v) is 19.9. The van der Waals surface area contributed by atoms with Gasteiger partial charge in [-0.15, -0.1) is 11.3 Å². The van der Waals surface area contributed by atoms with Crippen LogP contribution in [0.15, 0.2) is 188 Å². The standard InChI is InChI=1S/C53H37NS/c1-53(2)49-13-7-5-11-45(49)47-33-44(27-28-50(47)53)54(42-23-19-35(20-24-42)38-16-15-34-9-3-4-10-37(34)29-38)43-25-21-36(22-26-43)39-17-18-40-31-48-46-12-6-8-14-51(46)55-52(48)32-41(40)30-39/h3-33H,1-2H3. The van der Waals surface area contributed by atoms with E-state index in [9.17, 15) is 0 Å². The van der Waals surface area contributed by atoms with Gasteiger partial charge in [-0.3, -0.25) is 0 Å². The third-order valence-electron chi connectivity index (χ3n) is 11.8. The van der Waals surface area contributed by atoms with Gasteiger partial charge in [0, 0.05) is 42.6 Å². The number of rotatable bonds is 5. The van der Waals surface area contributed by atoms with Gasteiger partial charge in [0.2, 0.25) is 0 Å². The van der Waals surface area contributed by atoms with Crippen molar-refractivity contribution in [2.24, 2.45) is 0 Å². The van der Waals surface area contributed by atoms with Crippen LogP contribution in [0, 0.1) is 0 Å². The molecule has 1 aromatic heterocycles. The highest BCUT2D eigenvalue weighted by molar-refractivity contribution is 7.25. The molecule has 0 saturated heterocycles. The minimum Gasteiger partial charge on any atom is -0.310 e. The second-order valence-electron chi connectivity index (χ2n) is 15.4. The molecule has 0 atom stereocenters. The molecule has 0 saturated carbocycles. The highest BCUT2D eigenvalue weighted by Gasteiger charge is 2.35. The molecule has 9 aromatic carbocycles. The Morgan fingerprint density at radius 2 is 0.927 bits per heavy atom. The zero-order valence-electron chi connectivity index (χ0n) is 30.8. The molecule has 0 spiro atoms. The molecule has 55 heavy (non-hydrogen) atoms. The lowest BCUT2D eigenvalue weighted by atomic mass is 9.82. The number of thiophene rings is 1. The van der Waals surface area contributed by atoms with Crippen molar-refractivity contribution in [3.05, 3.63) is 199 Å². The number of fused-ring (bicyclic) bond motifs is 8. The van der Waals surface area contributed by atoms with Crippen molar-refractivity contribution in [2.75, 3.05) is 4.90 Å². The van der Waals surface area contributed by atoms with E-state index >= 15 is 0 Å². The zero-order chi connectivity index (χ0) is 36.7. The Bertz CT molecular complexity index is 3110. The Labute approximate surface area is 325 Å². The van der Waals surface area contributed by atoms with Crippen LogP contribution >= 0.6 is 11.3 Å². The third-order valence-corrected chi connectivity index (χ3v) is 13.0. The number of nitrogens with zero attached hydrogens (tertiary/aromatic N) is 1. The molecule has 1 aliphatic rings. The first kappa shape index (κ1) is 32.0. The normalized spacial score (nSPS) is 13.1. The first-order valence-electron chi connectivity index (χ1n) is 19.1. The molecule has 2 heteroatoms. The van der Waals surface area contributed by atoms with E-state index in [1.165, 1.54) is 86.2 Å². The highest BCUT2D eigenvalue weighted by Crippen LogP contribution is 2.50. The summed E-state index contributed by atoms with van der Waals surface area (Å²) in [4.78, 5) is 2.40. The lowest BCUT2D eigenvalue weighted by Crippen LogP contribution is -2.15. The Morgan fingerprint density at radius 3 is 1.69 bits per heavy atom. The molecule has 1 aliphatic carbocycles. The van der Waals surface area contributed by atoms with Crippen LogP contribution in [0.3, 0.4) is 0 Å². The Hall–Kier alpha value is -6.48. The monoisotopic (exact) mass is 719 g/mol. The second-order valence-corrected chi connectivity index (χ2v) is 16.5. The van der Waals surface area contributed by atoms with Crippen LogP contribution < -0.4 is 4.90 Å². The van der Waals surface area contributed by atoms with Gasteiger partial charge in [-0.1, -0.05) is 135 Å². The average Bonchev–Trinajstić information content (AvgIpc) is 3.71. The molecular weight excluding hydrogens is 683 g/mol. The van der Waals surface area contributed by atoms with E-state index in [2.05, 4.69) is 207 Å². The predicted octanol–water partition coefficient (Wildman–Crippen LogP) is 15.5. The molecule has 1 nitrogen and oxygen atoms in total. The van der Waals surface area contributed by atoms with Gasteiger partial charge in [-0.25, -0.2) is 0 Å².